The predicted octanol–water partition coefficient (Wildman–Crippen LogP) is 2.93. The lowest BCUT2D eigenvalue weighted by Crippen LogP contribution is -2.23. The average molecular weight is 377 g/mol. The van der Waals surface area contributed by atoms with E-state index in [1.165, 1.54) is 17.1 Å². The van der Waals surface area contributed by atoms with Gasteiger partial charge in [0.05, 0.1) is 6.61 Å². The largest absolute Gasteiger partial charge is 0.492 e. The summed E-state index contributed by atoms with van der Waals surface area (Å²) in [7, 11) is 1.56. The van der Waals surface area contributed by atoms with Crippen molar-refractivity contribution in [1.29, 1.82) is 0 Å². The molecule has 0 saturated heterocycles. The molecule has 0 radical (unpaired) electrons. The molecule has 1 aromatic carbocycles. The Balaban J connectivity index is 1.98. The van der Waals surface area contributed by atoms with Crippen molar-refractivity contribution in [3.8, 4) is 11.4 Å². The van der Waals surface area contributed by atoms with Gasteiger partial charge in [0, 0.05) is 19.5 Å². The average Bonchev–Trinajstić information content (AvgIpc) is 2.95. The summed E-state index contributed by atoms with van der Waals surface area (Å²) in [5.74, 6) is -1.19. The van der Waals surface area contributed by atoms with Gasteiger partial charge in [-0.2, -0.15) is 4.68 Å². The molecule has 3 rings (SSSR count). The zero-order valence-electron chi connectivity index (χ0n) is 15.6. The van der Waals surface area contributed by atoms with E-state index in [1.807, 2.05) is 6.92 Å². The fourth-order valence-corrected chi connectivity index (χ4v) is 3.50. The second kappa shape index (κ2) is 7.94. The van der Waals surface area contributed by atoms with Gasteiger partial charge >= 0.3 is 11.7 Å². The number of ether oxygens (including phenoxy) is 1. The minimum absolute atomic E-state index is 0.0556. The first-order valence-corrected chi connectivity index (χ1v) is 9.27. The Hall–Kier alpha value is -2.64. The quantitative estimate of drug-likeness (QED) is 0.836. The Kier molecular flexibility index (Phi) is 5.62. The van der Waals surface area contributed by atoms with Crippen molar-refractivity contribution in [3.05, 3.63) is 39.8 Å². The van der Waals surface area contributed by atoms with E-state index in [0.717, 1.165) is 36.4 Å². The number of aromatic carboxylic acids is 1. The fourth-order valence-electron chi connectivity index (χ4n) is 3.50. The lowest BCUT2D eigenvalue weighted by molar-refractivity contribution is 0.0690. The normalized spacial score (nSPS) is 15.1. The van der Waals surface area contributed by atoms with Gasteiger partial charge in [0.25, 0.3) is 0 Å². The third-order valence-corrected chi connectivity index (χ3v) is 5.09. The van der Waals surface area contributed by atoms with E-state index in [2.05, 4.69) is 5.10 Å². The summed E-state index contributed by atoms with van der Waals surface area (Å²) in [5, 5.41) is 13.5. The number of carbonyl (C=O) groups is 1. The molecular weight excluding hydrogens is 353 g/mol. The molecule has 0 amide bonds. The molecular formula is C19H24FN3O4. The Morgan fingerprint density at radius 1 is 1.33 bits per heavy atom. The van der Waals surface area contributed by atoms with Crippen LogP contribution in [0.15, 0.2) is 16.9 Å². The highest BCUT2D eigenvalue weighted by molar-refractivity contribution is 5.91. The molecule has 0 atom stereocenters. The Labute approximate surface area is 156 Å². The molecule has 1 aliphatic rings. The SMILES string of the molecule is CCc1nn(-c2cc(OCC3CCCCC3)c(C(=O)O)cc2F)c(=O)n1C. The Morgan fingerprint density at radius 3 is 2.63 bits per heavy atom. The second-order valence-electron chi connectivity index (χ2n) is 6.94. The van der Waals surface area contributed by atoms with Crippen molar-refractivity contribution < 1.29 is 19.0 Å². The van der Waals surface area contributed by atoms with Gasteiger partial charge in [0.2, 0.25) is 0 Å². The summed E-state index contributed by atoms with van der Waals surface area (Å²) in [6, 6.07) is 2.15. The number of aryl methyl sites for hydroxylation is 1. The Morgan fingerprint density at radius 2 is 2.04 bits per heavy atom. The number of benzene rings is 1. The van der Waals surface area contributed by atoms with E-state index in [0.29, 0.717) is 24.8 Å². The van der Waals surface area contributed by atoms with Gasteiger partial charge in [-0.15, -0.1) is 5.10 Å². The highest BCUT2D eigenvalue weighted by Crippen LogP contribution is 2.28. The number of aromatic nitrogens is 3. The van der Waals surface area contributed by atoms with E-state index in [1.54, 1.807) is 7.05 Å². The van der Waals surface area contributed by atoms with Crippen LogP contribution in [-0.2, 0) is 13.5 Å². The zero-order valence-corrected chi connectivity index (χ0v) is 15.6. The third-order valence-electron chi connectivity index (χ3n) is 5.09. The molecule has 0 unspecified atom stereocenters. The molecule has 0 aliphatic heterocycles. The standard InChI is InChI=1S/C19H24FN3O4/c1-3-17-21-23(19(26)22(17)2)15-10-16(13(18(24)25)9-14(15)20)27-11-12-7-5-4-6-8-12/h9-10,12H,3-8,11H2,1-2H3,(H,24,25). The predicted molar refractivity (Wildman–Crippen MR) is 97.2 cm³/mol. The van der Waals surface area contributed by atoms with Crippen molar-refractivity contribution in [1.82, 2.24) is 14.3 Å². The van der Waals surface area contributed by atoms with Crippen LogP contribution in [0, 0.1) is 11.7 Å². The van der Waals surface area contributed by atoms with Gasteiger partial charge in [-0.1, -0.05) is 26.2 Å². The zero-order chi connectivity index (χ0) is 19.6. The molecule has 1 aliphatic carbocycles. The monoisotopic (exact) mass is 377 g/mol. The maximum atomic E-state index is 14.6. The summed E-state index contributed by atoms with van der Waals surface area (Å²) in [4.78, 5) is 23.9. The first-order chi connectivity index (χ1) is 12.9. The van der Waals surface area contributed by atoms with Crippen LogP contribution in [0.4, 0.5) is 4.39 Å². The van der Waals surface area contributed by atoms with E-state index >= 15 is 0 Å². The minimum Gasteiger partial charge on any atom is -0.492 e. The van der Waals surface area contributed by atoms with Crippen molar-refractivity contribution in [3.63, 3.8) is 0 Å². The summed E-state index contributed by atoms with van der Waals surface area (Å²) in [5.41, 5.74) is -0.863. The molecule has 1 aromatic heterocycles. The van der Waals surface area contributed by atoms with E-state index in [9.17, 15) is 19.1 Å². The number of halogens is 1. The lowest BCUT2D eigenvalue weighted by Gasteiger charge is -2.22. The van der Waals surface area contributed by atoms with Crippen molar-refractivity contribution >= 4 is 5.97 Å². The lowest BCUT2D eigenvalue weighted by atomic mass is 9.90. The topological polar surface area (TPSA) is 86.4 Å². The van der Waals surface area contributed by atoms with Gasteiger partial charge in [-0.05, 0) is 24.8 Å². The van der Waals surface area contributed by atoms with Crippen molar-refractivity contribution in [2.45, 2.75) is 45.4 Å². The maximum absolute atomic E-state index is 14.6. The van der Waals surface area contributed by atoms with Gasteiger partial charge in [-0.25, -0.2) is 14.0 Å². The summed E-state index contributed by atoms with van der Waals surface area (Å²) >= 11 is 0. The van der Waals surface area contributed by atoms with Crippen LogP contribution in [0.25, 0.3) is 5.69 Å². The molecule has 1 N–H and O–H groups in total. The molecule has 146 valence electrons. The minimum atomic E-state index is -1.28. The van der Waals surface area contributed by atoms with Crippen LogP contribution in [0.5, 0.6) is 5.75 Å². The van der Waals surface area contributed by atoms with Crippen molar-refractivity contribution in [2.24, 2.45) is 13.0 Å². The number of hydrogen-bond donors (Lipinski definition) is 1. The van der Waals surface area contributed by atoms with Gasteiger partial charge in [0.15, 0.2) is 0 Å². The number of rotatable bonds is 6. The first-order valence-electron chi connectivity index (χ1n) is 9.27. The highest BCUT2D eigenvalue weighted by Gasteiger charge is 2.22. The molecule has 1 fully saturated rings. The van der Waals surface area contributed by atoms with Gasteiger partial charge in [0.1, 0.15) is 28.6 Å². The van der Waals surface area contributed by atoms with Crippen LogP contribution in [0.3, 0.4) is 0 Å². The van der Waals surface area contributed by atoms with E-state index in [-0.39, 0.29) is 17.0 Å². The molecule has 8 heteroatoms. The van der Waals surface area contributed by atoms with Crippen LogP contribution >= 0.6 is 0 Å². The second-order valence-corrected chi connectivity index (χ2v) is 6.94. The summed E-state index contributed by atoms with van der Waals surface area (Å²) in [6.07, 6.45) is 6.07. The van der Waals surface area contributed by atoms with Crippen molar-refractivity contribution in [2.75, 3.05) is 6.61 Å². The van der Waals surface area contributed by atoms with Gasteiger partial charge in [-0.3, -0.25) is 4.57 Å². The molecule has 0 spiro atoms. The van der Waals surface area contributed by atoms with E-state index < -0.39 is 17.5 Å². The first kappa shape index (κ1) is 19.1. The Bertz CT molecular complexity index is 897. The van der Waals surface area contributed by atoms with Crippen LogP contribution in [-0.4, -0.2) is 32.0 Å². The molecule has 0 bridgehead atoms. The molecule has 2 aromatic rings. The van der Waals surface area contributed by atoms with Gasteiger partial charge < -0.3 is 9.84 Å². The number of nitrogens with zero attached hydrogens (tertiary/aromatic N) is 3. The third kappa shape index (κ3) is 3.89. The number of carboxylic acids is 1. The van der Waals surface area contributed by atoms with Crippen LogP contribution in [0.1, 0.15) is 55.2 Å². The van der Waals surface area contributed by atoms with Crippen LogP contribution < -0.4 is 10.4 Å². The maximum Gasteiger partial charge on any atom is 0.350 e. The molecule has 27 heavy (non-hydrogen) atoms. The fraction of sp³-hybridized carbons (Fsp3) is 0.526. The molecule has 1 heterocycles. The summed E-state index contributed by atoms with van der Waals surface area (Å²) < 4.78 is 22.6. The van der Waals surface area contributed by atoms with E-state index in [4.69, 9.17) is 4.74 Å². The number of hydrogen-bond acceptors (Lipinski definition) is 4. The smallest absolute Gasteiger partial charge is 0.350 e. The van der Waals surface area contributed by atoms with Crippen LogP contribution in [0.2, 0.25) is 0 Å². The molecule has 1 saturated carbocycles. The highest BCUT2D eigenvalue weighted by atomic mass is 19.1. The molecule has 7 nitrogen and oxygen atoms in total. The number of carboxylic acid groups (broad SMARTS) is 1. The summed E-state index contributed by atoms with van der Waals surface area (Å²) in [6.45, 7) is 2.22.